The van der Waals surface area contributed by atoms with Gasteiger partial charge in [-0.05, 0) is 50.6 Å². The van der Waals surface area contributed by atoms with Gasteiger partial charge in [0, 0.05) is 18.4 Å². The van der Waals surface area contributed by atoms with Gasteiger partial charge in [-0.25, -0.2) is 4.79 Å². The van der Waals surface area contributed by atoms with Crippen molar-refractivity contribution in [3.05, 3.63) is 76.1 Å². The van der Waals surface area contributed by atoms with Gasteiger partial charge in [0.2, 0.25) is 0 Å². The molecule has 6 nitrogen and oxygen atoms in total. The molecule has 0 unspecified atom stereocenters. The van der Waals surface area contributed by atoms with E-state index in [1.807, 2.05) is 30.3 Å². The van der Waals surface area contributed by atoms with Crippen LogP contribution in [-0.4, -0.2) is 40.6 Å². The maximum atomic E-state index is 13.1. The highest BCUT2D eigenvalue weighted by Gasteiger charge is 2.35. The zero-order valence-electron chi connectivity index (χ0n) is 17.7. The van der Waals surface area contributed by atoms with Crippen LogP contribution in [0.4, 0.5) is 0 Å². The third-order valence-electron chi connectivity index (χ3n) is 6.29. The minimum Gasteiger partial charge on any atom is -0.507 e. The number of oxime groups is 1. The van der Waals surface area contributed by atoms with Crippen LogP contribution >= 0.6 is 0 Å². The Kier molecular flexibility index (Phi) is 6.37. The molecule has 2 N–H and O–H groups in total. The zero-order chi connectivity index (χ0) is 21.8. The standard InChI is InChI=1S/C25H28N2O4/c1-17(26-30)20(16-27-14-8-3-9-15-27)22(18-10-4-2-5-11-18)23-24(28)19-12-6-7-13-21(19)31-25(23)29/h2,4-7,10-13,20,22,28,30H,3,8-9,14-16H2,1H3/b26-17-/t20-,22-/m1/s1. The number of hydrogen-bond donors (Lipinski definition) is 2. The molecule has 3 aromatic rings. The van der Waals surface area contributed by atoms with Crippen molar-refractivity contribution < 1.29 is 14.7 Å². The highest BCUT2D eigenvalue weighted by atomic mass is 16.4. The predicted molar refractivity (Wildman–Crippen MR) is 121 cm³/mol. The van der Waals surface area contributed by atoms with Crippen molar-refractivity contribution in [2.75, 3.05) is 19.6 Å². The lowest BCUT2D eigenvalue weighted by Crippen LogP contribution is -2.39. The van der Waals surface area contributed by atoms with Gasteiger partial charge < -0.3 is 19.6 Å². The van der Waals surface area contributed by atoms with E-state index in [9.17, 15) is 15.1 Å². The maximum absolute atomic E-state index is 13.1. The van der Waals surface area contributed by atoms with Gasteiger partial charge in [0.05, 0.1) is 16.7 Å². The molecule has 2 heterocycles. The van der Waals surface area contributed by atoms with Crippen molar-refractivity contribution in [1.29, 1.82) is 0 Å². The predicted octanol–water partition coefficient (Wildman–Crippen LogP) is 4.58. The van der Waals surface area contributed by atoms with Crippen LogP contribution in [0.3, 0.4) is 0 Å². The molecular weight excluding hydrogens is 392 g/mol. The van der Waals surface area contributed by atoms with Gasteiger partial charge in [0.15, 0.2) is 0 Å². The second kappa shape index (κ2) is 9.35. The summed E-state index contributed by atoms with van der Waals surface area (Å²) in [7, 11) is 0. The third-order valence-corrected chi connectivity index (χ3v) is 6.29. The van der Waals surface area contributed by atoms with Gasteiger partial charge in [-0.1, -0.05) is 54.0 Å². The Morgan fingerprint density at radius 1 is 1.06 bits per heavy atom. The molecule has 1 aromatic heterocycles. The second-order valence-corrected chi connectivity index (χ2v) is 8.25. The molecule has 2 atom stereocenters. The fourth-order valence-electron chi connectivity index (χ4n) is 4.66. The Morgan fingerprint density at radius 2 is 1.74 bits per heavy atom. The van der Waals surface area contributed by atoms with Gasteiger partial charge in [0.25, 0.3) is 0 Å². The molecule has 31 heavy (non-hydrogen) atoms. The Bertz CT molecular complexity index is 1120. The van der Waals surface area contributed by atoms with E-state index < -0.39 is 11.5 Å². The number of piperidine rings is 1. The number of likely N-dealkylation sites (tertiary alicyclic amines) is 1. The Hall–Kier alpha value is -3.12. The van der Waals surface area contributed by atoms with Crippen molar-refractivity contribution in [3.8, 4) is 5.75 Å². The summed E-state index contributed by atoms with van der Waals surface area (Å²) in [6.45, 7) is 4.33. The highest BCUT2D eigenvalue weighted by Crippen LogP contribution is 2.39. The van der Waals surface area contributed by atoms with E-state index in [1.165, 1.54) is 6.42 Å². The lowest BCUT2D eigenvalue weighted by molar-refractivity contribution is 0.204. The quantitative estimate of drug-likeness (QED) is 0.264. The van der Waals surface area contributed by atoms with E-state index in [4.69, 9.17) is 4.42 Å². The van der Waals surface area contributed by atoms with Gasteiger partial charge in [-0.15, -0.1) is 0 Å². The molecule has 4 rings (SSSR count). The fraction of sp³-hybridized carbons (Fsp3) is 0.360. The number of rotatable bonds is 6. The number of benzene rings is 2. The van der Waals surface area contributed by atoms with Crippen LogP contribution in [-0.2, 0) is 0 Å². The smallest absolute Gasteiger partial charge is 0.343 e. The minimum atomic E-state index is -0.570. The van der Waals surface area contributed by atoms with Gasteiger partial charge in [0.1, 0.15) is 11.3 Å². The Balaban J connectivity index is 1.90. The van der Waals surface area contributed by atoms with E-state index >= 15 is 0 Å². The first kappa shape index (κ1) is 21.1. The van der Waals surface area contributed by atoms with Crippen molar-refractivity contribution in [2.45, 2.75) is 32.1 Å². The number of para-hydroxylation sites is 1. The molecule has 0 aliphatic carbocycles. The maximum Gasteiger partial charge on any atom is 0.343 e. The molecule has 1 aliphatic rings. The normalized spacial score (nSPS) is 17.5. The summed E-state index contributed by atoms with van der Waals surface area (Å²) in [5.74, 6) is -0.893. The summed E-state index contributed by atoms with van der Waals surface area (Å²) >= 11 is 0. The molecule has 0 saturated carbocycles. The summed E-state index contributed by atoms with van der Waals surface area (Å²) in [5.41, 5.74) is 1.37. The summed E-state index contributed by atoms with van der Waals surface area (Å²) in [4.78, 5) is 15.5. The highest BCUT2D eigenvalue weighted by molar-refractivity contribution is 5.87. The Labute approximate surface area is 181 Å². The average molecular weight is 421 g/mol. The third kappa shape index (κ3) is 4.35. The van der Waals surface area contributed by atoms with Crippen molar-refractivity contribution in [1.82, 2.24) is 4.90 Å². The topological polar surface area (TPSA) is 86.3 Å². The fourth-order valence-corrected chi connectivity index (χ4v) is 4.66. The summed E-state index contributed by atoms with van der Waals surface area (Å²) in [5, 5.41) is 24.9. The van der Waals surface area contributed by atoms with Crippen molar-refractivity contribution in [3.63, 3.8) is 0 Å². The molecule has 6 heteroatoms. The molecule has 1 aliphatic heterocycles. The molecule has 2 aromatic carbocycles. The van der Waals surface area contributed by atoms with Crippen LogP contribution in [0.25, 0.3) is 11.0 Å². The van der Waals surface area contributed by atoms with Crippen LogP contribution in [0, 0.1) is 5.92 Å². The lowest BCUT2D eigenvalue weighted by atomic mass is 9.78. The Morgan fingerprint density at radius 3 is 2.45 bits per heavy atom. The number of nitrogens with zero attached hydrogens (tertiary/aromatic N) is 2. The molecule has 162 valence electrons. The number of fused-ring (bicyclic) bond motifs is 1. The summed E-state index contributed by atoms with van der Waals surface area (Å²) in [6.07, 6.45) is 3.47. The monoisotopic (exact) mass is 420 g/mol. The zero-order valence-corrected chi connectivity index (χ0v) is 17.7. The van der Waals surface area contributed by atoms with Crippen molar-refractivity contribution >= 4 is 16.7 Å². The average Bonchev–Trinajstić information content (AvgIpc) is 2.81. The number of hydrogen-bond acceptors (Lipinski definition) is 6. The first-order chi connectivity index (χ1) is 15.1. The molecule has 0 spiro atoms. The molecule has 0 radical (unpaired) electrons. The largest absolute Gasteiger partial charge is 0.507 e. The van der Waals surface area contributed by atoms with E-state index in [1.54, 1.807) is 31.2 Å². The first-order valence-corrected chi connectivity index (χ1v) is 10.8. The van der Waals surface area contributed by atoms with Crippen LogP contribution in [0.2, 0.25) is 0 Å². The molecular formula is C25H28N2O4. The van der Waals surface area contributed by atoms with E-state index in [2.05, 4.69) is 10.1 Å². The van der Waals surface area contributed by atoms with Gasteiger partial charge in [-0.3, -0.25) is 0 Å². The van der Waals surface area contributed by atoms with E-state index in [0.717, 1.165) is 31.5 Å². The van der Waals surface area contributed by atoms with Crippen LogP contribution in [0.15, 0.2) is 69.0 Å². The van der Waals surface area contributed by atoms with Crippen molar-refractivity contribution in [2.24, 2.45) is 11.1 Å². The molecule has 0 bridgehead atoms. The summed E-state index contributed by atoms with van der Waals surface area (Å²) in [6, 6.07) is 16.6. The van der Waals surface area contributed by atoms with Gasteiger partial charge >= 0.3 is 5.63 Å². The van der Waals surface area contributed by atoms with Crippen LogP contribution in [0.1, 0.15) is 43.2 Å². The van der Waals surface area contributed by atoms with Crippen LogP contribution < -0.4 is 5.63 Å². The number of aromatic hydroxyl groups is 1. The van der Waals surface area contributed by atoms with Crippen LogP contribution in [0.5, 0.6) is 5.75 Å². The van der Waals surface area contributed by atoms with E-state index in [0.29, 0.717) is 23.2 Å². The second-order valence-electron chi connectivity index (χ2n) is 8.25. The van der Waals surface area contributed by atoms with E-state index in [-0.39, 0.29) is 17.2 Å². The first-order valence-electron chi connectivity index (χ1n) is 10.8. The molecule has 1 saturated heterocycles. The lowest BCUT2D eigenvalue weighted by Gasteiger charge is -2.34. The molecule has 0 amide bonds. The summed E-state index contributed by atoms with van der Waals surface area (Å²) < 4.78 is 5.60. The van der Waals surface area contributed by atoms with Gasteiger partial charge in [-0.2, -0.15) is 0 Å². The molecule has 1 fully saturated rings. The SMILES string of the molecule is C/C(=N/O)[C@@H](CN1CCCCC1)[C@@H](c1ccccc1)c1c(O)c2ccccc2oc1=O. The minimum absolute atomic E-state index is 0.0740.